The van der Waals surface area contributed by atoms with Crippen molar-refractivity contribution in [2.45, 2.75) is 167 Å². The van der Waals surface area contributed by atoms with Gasteiger partial charge >= 0.3 is 0 Å². The molecule has 10 atom stereocenters. The highest BCUT2D eigenvalue weighted by Gasteiger charge is 2.48. The minimum absolute atomic E-state index is 0.0449. The van der Waals surface area contributed by atoms with Gasteiger partial charge in [-0.1, -0.05) is 90.1 Å². The molecule has 416 valence electrons. The molecule has 10 N–H and O–H groups in total. The molecule has 0 radical (unpaired) electrons. The Bertz CT molecular complexity index is 2540. The molecule has 2 saturated heterocycles. The van der Waals surface area contributed by atoms with E-state index in [-0.39, 0.29) is 78.5 Å². The Kier molecular flexibility index (Phi) is 18.2. The van der Waals surface area contributed by atoms with E-state index in [2.05, 4.69) is 54.7 Å². The number of amides is 8. The number of fused-ring (bicyclic) bond motifs is 2. The molecule has 0 bridgehead atoms. The molecular weight excluding hydrogens is 979 g/mol. The number of aryl methyl sites for hydroxylation is 2. The Balaban J connectivity index is 1.10. The molecule has 4 aliphatic rings. The molecular formula is C58H81N11O8. The van der Waals surface area contributed by atoms with Crippen molar-refractivity contribution in [3.8, 4) is 0 Å². The molecule has 2 fully saturated rings. The predicted molar refractivity (Wildman–Crippen MR) is 294 cm³/mol. The number of anilines is 1. The molecule has 2 heterocycles. The van der Waals surface area contributed by atoms with Gasteiger partial charge in [-0.15, -0.1) is 0 Å². The van der Waals surface area contributed by atoms with E-state index in [1.54, 1.807) is 27.9 Å². The van der Waals surface area contributed by atoms with Crippen LogP contribution in [0.2, 0.25) is 0 Å². The number of nitrogens with one attached hydrogen (secondary N) is 8. The maximum absolute atomic E-state index is 14.7. The molecule has 8 amide bonds. The van der Waals surface area contributed by atoms with Crippen LogP contribution in [-0.4, -0.2) is 133 Å². The number of rotatable bonds is 16. The third-order valence-electron chi connectivity index (χ3n) is 15.7. The van der Waals surface area contributed by atoms with Crippen molar-refractivity contribution >= 4 is 52.9 Å². The molecule has 0 saturated carbocycles. The number of nitrogens with two attached hydrogens (primary N) is 1. The Morgan fingerprint density at radius 2 is 0.935 bits per heavy atom. The van der Waals surface area contributed by atoms with E-state index in [0.29, 0.717) is 12.8 Å². The van der Waals surface area contributed by atoms with Crippen LogP contribution in [0, 0.1) is 10.8 Å². The first-order chi connectivity index (χ1) is 36.4. The van der Waals surface area contributed by atoms with Crippen LogP contribution in [0.25, 0.3) is 0 Å². The van der Waals surface area contributed by atoms with Crippen LogP contribution in [0.3, 0.4) is 0 Å². The van der Waals surface area contributed by atoms with Crippen molar-refractivity contribution in [3.05, 3.63) is 100 Å². The van der Waals surface area contributed by atoms with Gasteiger partial charge < -0.3 is 58.1 Å². The Morgan fingerprint density at radius 3 is 1.30 bits per heavy atom. The highest BCUT2D eigenvalue weighted by molar-refractivity contribution is 6.02. The molecule has 0 unspecified atom stereocenters. The van der Waals surface area contributed by atoms with Gasteiger partial charge in [0.15, 0.2) is 0 Å². The van der Waals surface area contributed by atoms with E-state index in [0.717, 1.165) is 47.9 Å². The highest BCUT2D eigenvalue weighted by Crippen LogP contribution is 2.34. The minimum atomic E-state index is -1.02. The summed E-state index contributed by atoms with van der Waals surface area (Å²) in [7, 11) is 3.29. The number of likely N-dealkylation sites (tertiary alicyclic amines) is 2. The van der Waals surface area contributed by atoms with Gasteiger partial charge in [-0.05, 0) is 131 Å². The second-order valence-electron chi connectivity index (χ2n) is 23.6. The van der Waals surface area contributed by atoms with Gasteiger partial charge in [0.25, 0.3) is 11.8 Å². The molecule has 19 heteroatoms. The van der Waals surface area contributed by atoms with Crippen molar-refractivity contribution in [2.24, 2.45) is 10.8 Å². The average Bonchev–Trinajstić information content (AvgIpc) is 4.06. The first-order valence-electron chi connectivity index (χ1n) is 27.2. The van der Waals surface area contributed by atoms with Gasteiger partial charge in [0.2, 0.25) is 35.4 Å². The largest absolute Gasteiger partial charge is 0.399 e. The van der Waals surface area contributed by atoms with Gasteiger partial charge in [-0.3, -0.25) is 38.4 Å². The third kappa shape index (κ3) is 13.6. The lowest BCUT2D eigenvalue weighted by atomic mass is 9.85. The first kappa shape index (κ1) is 57.8. The number of nitrogen functional groups attached to an aromatic ring is 1. The second kappa shape index (κ2) is 24.2. The van der Waals surface area contributed by atoms with E-state index < -0.39 is 82.8 Å². The lowest BCUT2D eigenvalue weighted by Gasteiger charge is -2.36. The Morgan fingerprint density at radius 1 is 0.558 bits per heavy atom. The fourth-order valence-corrected chi connectivity index (χ4v) is 11.1. The number of carbonyl (C=O) groups excluding carboxylic acids is 8. The van der Waals surface area contributed by atoms with Crippen LogP contribution in [0.5, 0.6) is 0 Å². The van der Waals surface area contributed by atoms with Crippen molar-refractivity contribution in [2.75, 3.05) is 32.9 Å². The Hall–Kier alpha value is -6.86. The van der Waals surface area contributed by atoms with Gasteiger partial charge in [0.05, 0.1) is 24.2 Å². The zero-order valence-electron chi connectivity index (χ0n) is 46.4. The average molecular weight is 1060 g/mol. The smallest absolute Gasteiger partial charge is 0.251 e. The number of carbonyl (C=O) groups is 8. The summed E-state index contributed by atoms with van der Waals surface area (Å²) in [6, 6.07) is 13.0. The molecule has 7 rings (SSSR count). The van der Waals surface area contributed by atoms with E-state index in [1.807, 2.05) is 77.9 Å². The zero-order chi connectivity index (χ0) is 56.1. The monoisotopic (exact) mass is 1060 g/mol. The summed E-state index contributed by atoms with van der Waals surface area (Å²) in [4.78, 5) is 116. The first-order valence-corrected chi connectivity index (χ1v) is 27.2. The summed E-state index contributed by atoms with van der Waals surface area (Å²) in [6.45, 7) is 14.3. The standard InChI is InChI=1S/C58H81N11O8/c1-32(60-9)49(70)66-47(57(3,4)5)55(76)68-30-39(28-45(68)53(74)64-43-23-15-19-34-17-11-13-21-41(34)43)62-51(72)36-25-37(27-38(59)26-36)52(73)63-40-29-46(54(75)65-44-24-16-20-35-18-12-14-22-42(35)44)69(31-40)56(77)48(58(6,7)8)67-50(71)33(2)61-10/h11-14,17-18,21-22,25-27,32-33,39-40,43-48,60-61H,15-16,19-20,23-24,28-31,59H2,1-10H3,(H,62,72)(H,63,73)(H,64,74)(H,65,75)(H,66,70)(H,67,71)/t32-,33-,39-,40-,43+,44+,45-,46-,47+,48+/m0/s1. The summed E-state index contributed by atoms with van der Waals surface area (Å²) in [6.07, 6.45) is 5.10. The molecule has 77 heavy (non-hydrogen) atoms. The maximum atomic E-state index is 14.7. The van der Waals surface area contributed by atoms with E-state index in [4.69, 9.17) is 5.73 Å². The molecule has 3 aromatic rings. The van der Waals surface area contributed by atoms with Crippen molar-refractivity contribution in [1.29, 1.82) is 0 Å². The van der Waals surface area contributed by atoms with Gasteiger partial charge in [-0.2, -0.15) is 0 Å². The summed E-state index contributed by atoms with van der Waals surface area (Å²) in [5.41, 5.74) is 9.42. The topological polar surface area (TPSA) is 265 Å². The van der Waals surface area contributed by atoms with Crippen LogP contribution in [0.4, 0.5) is 5.69 Å². The summed E-state index contributed by atoms with van der Waals surface area (Å²) < 4.78 is 0. The minimum Gasteiger partial charge on any atom is -0.399 e. The molecule has 0 spiro atoms. The molecule has 2 aliphatic heterocycles. The van der Waals surface area contributed by atoms with Crippen LogP contribution in [0.1, 0.15) is 149 Å². The number of hydrogen-bond acceptors (Lipinski definition) is 11. The normalized spacial score (nSPS) is 22.7. The van der Waals surface area contributed by atoms with Gasteiger partial charge in [-0.25, -0.2) is 0 Å². The third-order valence-corrected chi connectivity index (χ3v) is 15.7. The SMILES string of the molecule is CN[C@@H](C)C(=O)N[C@H](C(=O)N1C[C@@H](NC(=O)c2cc(N)cc(C(=O)N[C@H]3C[C@@H](C(=O)N[C@@H]4CCCc5ccccc54)N(C(=O)[C@@H](NC(=O)[C@H](C)NC)C(C)(C)C)C3)c2)C[C@H]1C(=O)N[C@@H]1CCCc2ccccc21)C(C)(C)C. The van der Waals surface area contributed by atoms with Crippen LogP contribution >= 0.6 is 0 Å². The van der Waals surface area contributed by atoms with E-state index in [9.17, 15) is 38.4 Å². The molecule has 0 aromatic heterocycles. The highest BCUT2D eigenvalue weighted by atomic mass is 16.2. The number of likely N-dealkylation sites (N-methyl/N-ethyl adjacent to an activating group) is 2. The lowest BCUT2D eigenvalue weighted by molar-refractivity contribution is -0.144. The molecule has 2 aliphatic carbocycles. The summed E-state index contributed by atoms with van der Waals surface area (Å²) in [5, 5.41) is 24.0. The maximum Gasteiger partial charge on any atom is 0.251 e. The molecule has 3 aromatic carbocycles. The molecule has 19 nitrogen and oxygen atoms in total. The summed E-state index contributed by atoms with van der Waals surface area (Å²) >= 11 is 0. The fourth-order valence-electron chi connectivity index (χ4n) is 11.1. The van der Waals surface area contributed by atoms with Gasteiger partial charge in [0, 0.05) is 42.0 Å². The van der Waals surface area contributed by atoms with Crippen molar-refractivity contribution < 1.29 is 38.4 Å². The van der Waals surface area contributed by atoms with Crippen LogP contribution < -0.4 is 48.3 Å². The summed E-state index contributed by atoms with van der Waals surface area (Å²) in [5.74, 6) is -3.66. The lowest BCUT2D eigenvalue weighted by Crippen LogP contribution is -2.59. The second-order valence-corrected chi connectivity index (χ2v) is 23.6. The van der Waals surface area contributed by atoms with Crippen LogP contribution in [-0.2, 0) is 41.6 Å². The number of hydrogen-bond donors (Lipinski definition) is 9. The quantitative estimate of drug-likeness (QED) is 0.0940. The fraction of sp³-hybridized carbons (Fsp3) is 0.552. The predicted octanol–water partition coefficient (Wildman–Crippen LogP) is 3.33. The van der Waals surface area contributed by atoms with Crippen molar-refractivity contribution in [3.63, 3.8) is 0 Å². The van der Waals surface area contributed by atoms with Crippen LogP contribution in [0.15, 0.2) is 66.7 Å². The van der Waals surface area contributed by atoms with E-state index >= 15 is 0 Å². The van der Waals surface area contributed by atoms with Crippen molar-refractivity contribution in [1.82, 2.24) is 52.3 Å². The number of nitrogens with zero attached hydrogens (tertiary/aromatic N) is 2. The van der Waals surface area contributed by atoms with E-state index in [1.165, 1.54) is 28.0 Å². The van der Waals surface area contributed by atoms with Gasteiger partial charge in [0.1, 0.15) is 24.2 Å². The Labute approximate surface area is 453 Å². The zero-order valence-corrected chi connectivity index (χ0v) is 46.4. The number of benzene rings is 3.